The van der Waals surface area contributed by atoms with E-state index >= 15 is 0 Å². The predicted molar refractivity (Wildman–Crippen MR) is 110 cm³/mol. The van der Waals surface area contributed by atoms with Crippen molar-refractivity contribution in [2.45, 2.75) is 32.9 Å². The Bertz CT molecular complexity index is 1060. The van der Waals surface area contributed by atoms with Gasteiger partial charge in [0.1, 0.15) is 0 Å². The van der Waals surface area contributed by atoms with E-state index in [-0.39, 0.29) is 23.9 Å². The zero-order valence-corrected chi connectivity index (χ0v) is 16.8. The first-order chi connectivity index (χ1) is 13.4. The molecule has 150 valence electrons. The number of anilines is 1. The van der Waals surface area contributed by atoms with Gasteiger partial charge in [-0.15, -0.1) is 0 Å². The summed E-state index contributed by atoms with van der Waals surface area (Å²) in [6.07, 6.45) is 1.02. The van der Waals surface area contributed by atoms with Gasteiger partial charge in [-0.25, -0.2) is 4.79 Å². The molecule has 0 saturated carbocycles. The predicted octanol–water partition coefficient (Wildman–Crippen LogP) is 1.71. The Morgan fingerprint density at radius 2 is 1.82 bits per heavy atom. The average Bonchev–Trinajstić information content (AvgIpc) is 3.00. The molecule has 3 aromatic rings. The Morgan fingerprint density at radius 1 is 1.11 bits per heavy atom. The summed E-state index contributed by atoms with van der Waals surface area (Å²) < 4.78 is 9.91. The number of aromatic nitrogens is 4. The number of fused-ring (bicyclic) bond motifs is 1. The summed E-state index contributed by atoms with van der Waals surface area (Å²) in [6, 6.07) is 9.47. The monoisotopic (exact) mass is 385 g/mol. The summed E-state index contributed by atoms with van der Waals surface area (Å²) in [4.78, 5) is 30.2. The fourth-order valence-corrected chi connectivity index (χ4v) is 3.10. The standard InChI is InChI=1S/C20H27N5O3/c1-14(2)28-12-8-11-21-19-22-17-16(23(19)3)18(26)25(20(27)24(17)4)13-15-9-6-5-7-10-15/h5-7,9-10,14H,8,11-13H2,1-4H3,(H,21,22). The van der Waals surface area contributed by atoms with Crippen molar-refractivity contribution in [1.82, 2.24) is 18.7 Å². The highest BCUT2D eigenvalue weighted by molar-refractivity contribution is 5.74. The minimum atomic E-state index is -0.378. The summed E-state index contributed by atoms with van der Waals surface area (Å²) in [5, 5.41) is 3.23. The first-order valence-corrected chi connectivity index (χ1v) is 9.45. The van der Waals surface area contributed by atoms with Crippen LogP contribution in [0.4, 0.5) is 5.95 Å². The van der Waals surface area contributed by atoms with Crippen molar-refractivity contribution >= 4 is 17.1 Å². The summed E-state index contributed by atoms with van der Waals surface area (Å²) in [5.74, 6) is 0.559. The lowest BCUT2D eigenvalue weighted by molar-refractivity contribution is 0.0787. The van der Waals surface area contributed by atoms with E-state index in [1.807, 2.05) is 44.2 Å². The van der Waals surface area contributed by atoms with E-state index < -0.39 is 0 Å². The number of ether oxygens (including phenoxy) is 1. The number of hydrogen-bond acceptors (Lipinski definition) is 5. The lowest BCUT2D eigenvalue weighted by Gasteiger charge is -2.09. The van der Waals surface area contributed by atoms with Gasteiger partial charge in [-0.2, -0.15) is 4.98 Å². The number of benzene rings is 1. The number of aryl methyl sites for hydroxylation is 2. The van der Waals surface area contributed by atoms with Crippen LogP contribution in [-0.2, 0) is 25.4 Å². The van der Waals surface area contributed by atoms with Crippen LogP contribution in [0, 0.1) is 0 Å². The van der Waals surface area contributed by atoms with Crippen LogP contribution < -0.4 is 16.6 Å². The van der Waals surface area contributed by atoms with E-state index in [0.29, 0.717) is 30.3 Å². The van der Waals surface area contributed by atoms with E-state index in [1.165, 1.54) is 9.13 Å². The second kappa shape index (κ2) is 8.43. The molecule has 0 amide bonds. The molecule has 2 heterocycles. The molecule has 1 N–H and O–H groups in total. The van der Waals surface area contributed by atoms with Crippen molar-refractivity contribution in [1.29, 1.82) is 0 Å². The molecule has 0 fully saturated rings. The molecule has 0 bridgehead atoms. The third kappa shape index (κ3) is 4.01. The van der Waals surface area contributed by atoms with Gasteiger partial charge in [-0.05, 0) is 25.8 Å². The van der Waals surface area contributed by atoms with Gasteiger partial charge in [-0.1, -0.05) is 30.3 Å². The zero-order valence-electron chi connectivity index (χ0n) is 16.8. The minimum absolute atomic E-state index is 0.202. The number of nitrogens with one attached hydrogen (secondary N) is 1. The van der Waals surface area contributed by atoms with Crippen LogP contribution in [0.3, 0.4) is 0 Å². The summed E-state index contributed by atoms with van der Waals surface area (Å²) >= 11 is 0. The molecule has 3 rings (SSSR count). The Hall–Kier alpha value is -2.87. The normalized spacial score (nSPS) is 11.5. The number of nitrogens with zero attached hydrogens (tertiary/aromatic N) is 4. The van der Waals surface area contributed by atoms with Gasteiger partial charge in [0.15, 0.2) is 11.2 Å². The number of rotatable bonds is 8. The molecule has 0 spiro atoms. The highest BCUT2D eigenvalue weighted by Crippen LogP contribution is 2.13. The fourth-order valence-electron chi connectivity index (χ4n) is 3.10. The first-order valence-electron chi connectivity index (χ1n) is 9.45. The van der Waals surface area contributed by atoms with Crippen LogP contribution in [0.25, 0.3) is 11.2 Å². The quantitative estimate of drug-likeness (QED) is 0.597. The van der Waals surface area contributed by atoms with Gasteiger partial charge in [0.05, 0.1) is 12.6 Å². The van der Waals surface area contributed by atoms with E-state index in [9.17, 15) is 9.59 Å². The molecule has 0 unspecified atom stereocenters. The Kier molecular flexibility index (Phi) is 5.99. The smallest absolute Gasteiger partial charge is 0.332 e. The van der Waals surface area contributed by atoms with Crippen molar-refractivity contribution < 1.29 is 4.74 Å². The molecular weight excluding hydrogens is 358 g/mol. The van der Waals surface area contributed by atoms with Gasteiger partial charge in [0.2, 0.25) is 5.95 Å². The Labute approximate surface area is 163 Å². The molecule has 0 radical (unpaired) electrons. The highest BCUT2D eigenvalue weighted by Gasteiger charge is 2.18. The Morgan fingerprint density at radius 3 is 2.50 bits per heavy atom. The maximum absolute atomic E-state index is 13.0. The summed E-state index contributed by atoms with van der Waals surface area (Å²) in [5.41, 5.74) is 0.956. The van der Waals surface area contributed by atoms with E-state index in [1.54, 1.807) is 18.7 Å². The molecule has 2 aromatic heterocycles. The van der Waals surface area contributed by atoms with Crippen molar-refractivity contribution in [2.75, 3.05) is 18.5 Å². The van der Waals surface area contributed by atoms with E-state index in [0.717, 1.165) is 12.0 Å². The van der Waals surface area contributed by atoms with Gasteiger partial charge in [0, 0.05) is 27.2 Å². The molecule has 1 aromatic carbocycles. The second-order valence-electron chi connectivity index (χ2n) is 7.09. The molecule has 28 heavy (non-hydrogen) atoms. The molecular formula is C20H27N5O3. The lowest BCUT2D eigenvalue weighted by Crippen LogP contribution is -2.39. The van der Waals surface area contributed by atoms with Crippen LogP contribution >= 0.6 is 0 Å². The molecule has 0 aliphatic rings. The van der Waals surface area contributed by atoms with Crippen LogP contribution in [0.5, 0.6) is 0 Å². The largest absolute Gasteiger partial charge is 0.379 e. The highest BCUT2D eigenvalue weighted by atomic mass is 16.5. The maximum atomic E-state index is 13.0. The van der Waals surface area contributed by atoms with E-state index in [2.05, 4.69) is 10.3 Å². The van der Waals surface area contributed by atoms with Crippen molar-refractivity contribution in [3.8, 4) is 0 Å². The van der Waals surface area contributed by atoms with Gasteiger partial charge < -0.3 is 14.6 Å². The summed E-state index contributed by atoms with van der Waals surface area (Å²) in [6.45, 7) is 5.54. The molecule has 0 atom stereocenters. The van der Waals surface area contributed by atoms with Crippen molar-refractivity contribution in [3.05, 3.63) is 56.7 Å². The van der Waals surface area contributed by atoms with Gasteiger partial charge in [-0.3, -0.25) is 13.9 Å². The SMILES string of the molecule is CC(C)OCCCNc1nc2c(c(=O)n(Cc3ccccc3)c(=O)n2C)n1C. The number of hydrogen-bond donors (Lipinski definition) is 1. The topological polar surface area (TPSA) is 83.1 Å². The second-order valence-corrected chi connectivity index (χ2v) is 7.09. The lowest BCUT2D eigenvalue weighted by atomic mass is 10.2. The van der Waals surface area contributed by atoms with Gasteiger partial charge in [0.25, 0.3) is 5.56 Å². The van der Waals surface area contributed by atoms with Crippen LogP contribution in [-0.4, -0.2) is 37.9 Å². The molecule has 8 heteroatoms. The van der Waals surface area contributed by atoms with Crippen LogP contribution in [0.1, 0.15) is 25.8 Å². The number of imidazole rings is 1. The minimum Gasteiger partial charge on any atom is -0.379 e. The molecule has 0 aliphatic heterocycles. The Balaban J connectivity index is 1.91. The fraction of sp³-hybridized carbons (Fsp3) is 0.450. The third-order valence-electron chi connectivity index (χ3n) is 4.60. The first kappa shape index (κ1) is 19.9. The maximum Gasteiger partial charge on any atom is 0.332 e. The third-order valence-corrected chi connectivity index (χ3v) is 4.60. The summed E-state index contributed by atoms with van der Waals surface area (Å²) in [7, 11) is 3.42. The van der Waals surface area contributed by atoms with Crippen LogP contribution in [0.15, 0.2) is 39.9 Å². The van der Waals surface area contributed by atoms with E-state index in [4.69, 9.17) is 4.74 Å². The zero-order chi connectivity index (χ0) is 20.3. The van der Waals surface area contributed by atoms with Crippen LogP contribution in [0.2, 0.25) is 0 Å². The van der Waals surface area contributed by atoms with Crippen molar-refractivity contribution in [3.63, 3.8) is 0 Å². The van der Waals surface area contributed by atoms with Crippen molar-refractivity contribution in [2.24, 2.45) is 14.1 Å². The van der Waals surface area contributed by atoms with Gasteiger partial charge >= 0.3 is 5.69 Å². The molecule has 0 saturated heterocycles. The molecule has 8 nitrogen and oxygen atoms in total. The molecule has 0 aliphatic carbocycles. The average molecular weight is 385 g/mol.